The number of nitrogens with one attached hydrogen (secondary N) is 1. The molecule has 35 heavy (non-hydrogen) atoms. The second-order valence-electron chi connectivity index (χ2n) is 7.96. The first-order valence-electron chi connectivity index (χ1n) is 10.9. The number of carbonyl (C=O) groups excluding carboxylic acids is 1. The Morgan fingerprint density at radius 1 is 1.06 bits per heavy atom. The van der Waals surface area contributed by atoms with E-state index in [1.165, 1.54) is 23.1 Å². The van der Waals surface area contributed by atoms with Crippen molar-refractivity contribution in [3.05, 3.63) is 82.1 Å². The van der Waals surface area contributed by atoms with E-state index in [9.17, 15) is 9.59 Å². The number of amides is 1. The summed E-state index contributed by atoms with van der Waals surface area (Å²) >= 11 is 2.60. The first-order chi connectivity index (χ1) is 16.9. The van der Waals surface area contributed by atoms with Crippen LogP contribution in [0.3, 0.4) is 0 Å². The predicted octanol–water partition coefficient (Wildman–Crippen LogP) is 5.35. The number of hydrogen-bond acceptors (Lipinski definition) is 7. The van der Waals surface area contributed by atoms with Crippen molar-refractivity contribution >= 4 is 55.3 Å². The lowest BCUT2D eigenvalue weighted by atomic mass is 10.1. The zero-order chi connectivity index (χ0) is 24.5. The van der Waals surface area contributed by atoms with E-state index in [0.717, 1.165) is 32.8 Å². The summed E-state index contributed by atoms with van der Waals surface area (Å²) in [4.78, 5) is 35.5. The smallest absolute Gasteiger partial charge is 0.266 e. The van der Waals surface area contributed by atoms with Crippen molar-refractivity contribution in [3.63, 3.8) is 0 Å². The van der Waals surface area contributed by atoms with E-state index in [1.807, 2.05) is 68.4 Å². The predicted molar refractivity (Wildman–Crippen MR) is 142 cm³/mol. The van der Waals surface area contributed by atoms with Gasteiger partial charge in [0.15, 0.2) is 10.3 Å². The number of aryl methyl sites for hydroxylation is 1. The van der Waals surface area contributed by atoms with Crippen LogP contribution in [0.4, 0.5) is 5.13 Å². The molecule has 1 amide bonds. The average molecular weight is 503 g/mol. The van der Waals surface area contributed by atoms with E-state index in [0.29, 0.717) is 21.2 Å². The highest BCUT2D eigenvalue weighted by Gasteiger charge is 2.17. The zero-order valence-electron chi connectivity index (χ0n) is 19.4. The summed E-state index contributed by atoms with van der Waals surface area (Å²) in [7, 11) is 1.61. The molecule has 5 aromatic rings. The van der Waals surface area contributed by atoms with Gasteiger partial charge in [-0.05, 0) is 61.4 Å². The summed E-state index contributed by atoms with van der Waals surface area (Å²) in [6.45, 7) is 3.99. The molecule has 0 fully saturated rings. The lowest BCUT2D eigenvalue weighted by Gasteiger charge is -2.16. The van der Waals surface area contributed by atoms with Crippen LogP contribution in [0.5, 0.6) is 5.75 Å². The summed E-state index contributed by atoms with van der Waals surface area (Å²) in [6.07, 6.45) is 0. The lowest BCUT2D eigenvalue weighted by molar-refractivity contribution is -0.113. The number of para-hydroxylation sites is 1. The molecule has 2 aromatic heterocycles. The molecule has 0 radical (unpaired) electrons. The Kier molecular flexibility index (Phi) is 6.27. The first kappa shape index (κ1) is 23.1. The Balaban J connectivity index is 1.45. The van der Waals surface area contributed by atoms with Crippen LogP contribution in [-0.4, -0.2) is 33.3 Å². The van der Waals surface area contributed by atoms with Gasteiger partial charge in [-0.15, -0.1) is 0 Å². The minimum atomic E-state index is -0.226. The summed E-state index contributed by atoms with van der Waals surface area (Å²) in [5.41, 5.74) is 4.05. The molecule has 0 saturated carbocycles. The summed E-state index contributed by atoms with van der Waals surface area (Å²) in [6, 6.07) is 18.7. The van der Waals surface area contributed by atoms with Gasteiger partial charge in [0.1, 0.15) is 5.75 Å². The van der Waals surface area contributed by atoms with Gasteiger partial charge in [-0.1, -0.05) is 47.4 Å². The molecule has 2 heterocycles. The number of anilines is 1. The number of methoxy groups -OCH3 is 1. The van der Waals surface area contributed by atoms with Gasteiger partial charge in [0.25, 0.3) is 5.56 Å². The average Bonchev–Trinajstić information content (AvgIpc) is 3.26. The number of carbonyl (C=O) groups is 1. The van der Waals surface area contributed by atoms with Crippen molar-refractivity contribution in [1.82, 2.24) is 14.5 Å². The van der Waals surface area contributed by atoms with Crippen LogP contribution in [0, 0.1) is 13.8 Å². The fraction of sp³-hybridized carbons (Fsp3) is 0.154. The minimum Gasteiger partial charge on any atom is -0.497 e. The molecule has 176 valence electrons. The van der Waals surface area contributed by atoms with E-state index in [2.05, 4.69) is 10.3 Å². The Labute approximate surface area is 209 Å². The molecule has 0 unspecified atom stereocenters. The minimum absolute atomic E-state index is 0.0783. The molecule has 1 N–H and O–H groups in total. The molecule has 9 heteroatoms. The molecule has 5 rings (SSSR count). The highest BCUT2D eigenvalue weighted by Crippen LogP contribution is 2.30. The first-order valence-corrected chi connectivity index (χ1v) is 12.7. The van der Waals surface area contributed by atoms with Gasteiger partial charge in [-0.25, -0.2) is 9.97 Å². The normalized spacial score (nSPS) is 11.2. The van der Waals surface area contributed by atoms with Crippen molar-refractivity contribution in [2.45, 2.75) is 19.0 Å². The molecule has 0 aliphatic rings. The zero-order valence-corrected chi connectivity index (χ0v) is 21.0. The van der Waals surface area contributed by atoms with Gasteiger partial charge in [0.2, 0.25) is 5.91 Å². The number of ether oxygens (including phenoxy) is 1. The van der Waals surface area contributed by atoms with Gasteiger partial charge in [0.05, 0.1) is 39.7 Å². The number of hydrogen-bond donors (Lipinski definition) is 1. The van der Waals surface area contributed by atoms with E-state index < -0.39 is 0 Å². The number of aromatic nitrogens is 3. The summed E-state index contributed by atoms with van der Waals surface area (Å²) < 4.78 is 7.78. The highest BCUT2D eigenvalue weighted by molar-refractivity contribution is 7.99. The van der Waals surface area contributed by atoms with Crippen LogP contribution >= 0.6 is 23.1 Å². The van der Waals surface area contributed by atoms with Gasteiger partial charge in [0, 0.05) is 0 Å². The monoisotopic (exact) mass is 502 g/mol. The Morgan fingerprint density at radius 3 is 2.71 bits per heavy atom. The topological polar surface area (TPSA) is 86.1 Å². The van der Waals surface area contributed by atoms with Crippen LogP contribution < -0.4 is 15.6 Å². The molecule has 0 bridgehead atoms. The number of rotatable bonds is 6. The maximum absolute atomic E-state index is 13.5. The quantitative estimate of drug-likeness (QED) is 0.249. The fourth-order valence-electron chi connectivity index (χ4n) is 3.77. The third kappa shape index (κ3) is 4.52. The molecule has 0 aliphatic heterocycles. The second-order valence-corrected chi connectivity index (χ2v) is 9.93. The molecule has 0 saturated heterocycles. The maximum atomic E-state index is 13.5. The van der Waals surface area contributed by atoms with Crippen LogP contribution in [0.1, 0.15) is 11.1 Å². The third-order valence-electron chi connectivity index (χ3n) is 5.74. The fourth-order valence-corrected chi connectivity index (χ4v) is 5.49. The summed E-state index contributed by atoms with van der Waals surface area (Å²) in [5.74, 6) is 0.590. The molecule has 0 aliphatic carbocycles. The van der Waals surface area contributed by atoms with Gasteiger partial charge in [-0.2, -0.15) is 0 Å². The van der Waals surface area contributed by atoms with Crippen molar-refractivity contribution in [2.75, 3.05) is 18.2 Å². The molecule has 0 atom stereocenters. The van der Waals surface area contributed by atoms with Crippen LogP contribution in [-0.2, 0) is 4.79 Å². The van der Waals surface area contributed by atoms with Crippen LogP contribution in [0.15, 0.2) is 70.6 Å². The van der Waals surface area contributed by atoms with E-state index in [-0.39, 0.29) is 17.2 Å². The molecule has 7 nitrogen and oxygen atoms in total. The van der Waals surface area contributed by atoms with E-state index >= 15 is 0 Å². The highest BCUT2D eigenvalue weighted by atomic mass is 32.2. The Bertz CT molecular complexity index is 1640. The second kappa shape index (κ2) is 9.52. The third-order valence-corrected chi connectivity index (χ3v) is 7.61. The van der Waals surface area contributed by atoms with Crippen molar-refractivity contribution < 1.29 is 9.53 Å². The van der Waals surface area contributed by atoms with Gasteiger partial charge >= 0.3 is 0 Å². The summed E-state index contributed by atoms with van der Waals surface area (Å²) in [5, 5.41) is 4.37. The van der Waals surface area contributed by atoms with Crippen molar-refractivity contribution in [2.24, 2.45) is 0 Å². The molecule has 3 aromatic carbocycles. The SMILES string of the molecule is COc1ccc2nc(NC(=O)CSc3nc4ccccc4c(=O)n3-c3cccc(C)c3C)sc2c1. The van der Waals surface area contributed by atoms with E-state index in [1.54, 1.807) is 17.7 Å². The van der Waals surface area contributed by atoms with Gasteiger partial charge < -0.3 is 10.1 Å². The van der Waals surface area contributed by atoms with Gasteiger partial charge in [-0.3, -0.25) is 14.2 Å². The molecular weight excluding hydrogens is 480 g/mol. The Hall–Kier alpha value is -3.69. The largest absolute Gasteiger partial charge is 0.497 e. The molecule has 0 spiro atoms. The number of thiazole rings is 1. The number of thioether (sulfide) groups is 1. The molecular formula is C26H22N4O3S2. The number of fused-ring (bicyclic) bond motifs is 2. The lowest BCUT2D eigenvalue weighted by Crippen LogP contribution is -2.23. The van der Waals surface area contributed by atoms with Crippen LogP contribution in [0.2, 0.25) is 0 Å². The Morgan fingerprint density at radius 2 is 1.89 bits per heavy atom. The number of benzene rings is 3. The van der Waals surface area contributed by atoms with Crippen molar-refractivity contribution in [3.8, 4) is 11.4 Å². The van der Waals surface area contributed by atoms with Crippen molar-refractivity contribution in [1.29, 1.82) is 0 Å². The maximum Gasteiger partial charge on any atom is 0.266 e. The standard InChI is InChI=1S/C26H22N4O3S2/c1-15-7-6-10-21(16(15)2)30-24(32)18-8-4-5-9-19(18)28-26(30)34-14-23(31)29-25-27-20-12-11-17(33-3)13-22(20)35-25/h4-13H,14H2,1-3H3,(H,27,29,31). The van der Waals surface area contributed by atoms with E-state index in [4.69, 9.17) is 9.72 Å². The number of nitrogens with zero attached hydrogens (tertiary/aromatic N) is 3. The van der Waals surface area contributed by atoms with Crippen LogP contribution in [0.25, 0.3) is 26.8 Å².